The van der Waals surface area contributed by atoms with Gasteiger partial charge >= 0.3 is 0 Å². The summed E-state index contributed by atoms with van der Waals surface area (Å²) < 4.78 is 32.3. The molecule has 0 radical (unpaired) electrons. The minimum absolute atomic E-state index is 0.0172. The highest BCUT2D eigenvalue weighted by Gasteiger charge is 2.28. The van der Waals surface area contributed by atoms with Gasteiger partial charge in [0.15, 0.2) is 11.5 Å². The van der Waals surface area contributed by atoms with Crippen LogP contribution in [-0.4, -0.2) is 37.4 Å². The monoisotopic (exact) mass is 670 g/mol. The maximum Gasteiger partial charge on any atom is 0.295 e. The van der Waals surface area contributed by atoms with E-state index in [9.17, 15) is 8.78 Å². The second-order valence-corrected chi connectivity index (χ2v) is 12.0. The van der Waals surface area contributed by atoms with E-state index in [1.807, 2.05) is 83.4 Å². The first-order chi connectivity index (χ1) is 18.2. The van der Waals surface area contributed by atoms with Crippen LogP contribution in [0.4, 0.5) is 31.7 Å². The molecule has 3 N–H and O–H groups in total. The molecule has 3 unspecified atom stereocenters. The van der Waals surface area contributed by atoms with E-state index in [1.165, 1.54) is 10.8 Å². The van der Waals surface area contributed by atoms with E-state index in [-0.39, 0.29) is 18.0 Å². The van der Waals surface area contributed by atoms with Gasteiger partial charge in [-0.2, -0.15) is 5.10 Å². The lowest BCUT2D eigenvalue weighted by Gasteiger charge is -2.21. The van der Waals surface area contributed by atoms with Crippen LogP contribution in [0.25, 0.3) is 22.3 Å². The van der Waals surface area contributed by atoms with Crippen molar-refractivity contribution < 1.29 is 8.78 Å². The van der Waals surface area contributed by atoms with Gasteiger partial charge in [-0.15, -0.1) is 6.58 Å². The molecule has 4 aromatic rings. The number of halogens is 3. The first-order valence-corrected chi connectivity index (χ1v) is 17.0. The summed E-state index contributed by atoms with van der Waals surface area (Å²) in [6.07, 6.45) is 6.46. The Kier molecular flexibility index (Phi) is 9.15. The zero-order valence-corrected chi connectivity index (χ0v) is 25.5. The summed E-state index contributed by atoms with van der Waals surface area (Å²) in [7, 11) is 3.83. The van der Waals surface area contributed by atoms with E-state index in [1.54, 1.807) is 22.7 Å². The van der Waals surface area contributed by atoms with Gasteiger partial charge in [0.1, 0.15) is 11.3 Å². The van der Waals surface area contributed by atoms with Gasteiger partial charge in [-0.3, -0.25) is 9.02 Å². The summed E-state index contributed by atoms with van der Waals surface area (Å²) in [5.74, 6) is 1.72. The molecule has 0 amide bonds. The molecule has 38 heavy (non-hydrogen) atoms. The fraction of sp³-hybridized carbons (Fsp3) is 0.320. The number of benzene rings is 1. The van der Waals surface area contributed by atoms with Crippen LogP contribution < -0.4 is 15.4 Å². The number of nitrogens with zero attached hydrogens (tertiary/aromatic N) is 6. The number of aromatic nitrogens is 5. The van der Waals surface area contributed by atoms with Crippen molar-refractivity contribution in [3.63, 3.8) is 0 Å². The molecule has 13 heteroatoms. The molecule has 1 aromatic carbocycles. The Labute approximate surface area is 239 Å². The number of nitrogen functional groups attached to an aromatic ring is 1. The highest BCUT2D eigenvalue weighted by molar-refractivity contribution is 14.2. The van der Waals surface area contributed by atoms with Crippen molar-refractivity contribution in [1.82, 2.24) is 24.1 Å². The Morgan fingerprint density at radius 3 is 2.55 bits per heavy atom. The molecule has 3 atom stereocenters. The largest absolute Gasteiger partial charge is 0.384 e. The van der Waals surface area contributed by atoms with Crippen LogP contribution in [-0.2, 0) is 7.05 Å². The standard InChI is InChI=1S/C19H20F2IN8PS.C6H10/c1-28-9-11(8-24-28)10-4-5-12(14(6-10)29(2)32-3)25-13-7-15(23)26-18-16(13)27-19(17(20)21)30(18)31-22;1-3-6-4-5(6)2/h4-9,17,31H,1-3H3,(H3,23,25,26);3,5-6H,1,4H2,2H3. The number of aryl methyl sites for hydroxylation is 1. The quantitative estimate of drug-likeness (QED) is 0.0873. The van der Waals surface area contributed by atoms with Gasteiger partial charge in [-0.05, 0) is 58.0 Å². The number of imidazole rings is 1. The molecule has 0 spiro atoms. The molecule has 1 saturated carbocycles. The number of fused-ring (bicyclic) bond motifs is 1. The number of anilines is 4. The average molecular weight is 671 g/mol. The third-order valence-electron chi connectivity index (χ3n) is 6.33. The lowest BCUT2D eigenvalue weighted by molar-refractivity contribution is 0.140. The molecule has 202 valence electrons. The number of alkyl halides is 2. The van der Waals surface area contributed by atoms with Crippen molar-refractivity contribution in [2.75, 3.05) is 28.7 Å². The van der Waals surface area contributed by atoms with Crippen molar-refractivity contribution in [3.8, 4) is 11.1 Å². The maximum atomic E-state index is 13.6. The van der Waals surface area contributed by atoms with Crippen LogP contribution in [0.15, 0.2) is 49.3 Å². The second kappa shape index (κ2) is 12.2. The minimum atomic E-state index is -2.71. The number of allylic oxidation sites excluding steroid dienone is 1. The highest BCUT2D eigenvalue weighted by atomic mass is 127. The third-order valence-corrected chi connectivity index (χ3v) is 9.14. The lowest BCUT2D eigenvalue weighted by Crippen LogP contribution is -2.08. The van der Waals surface area contributed by atoms with Crippen molar-refractivity contribution in [3.05, 3.63) is 55.1 Å². The van der Waals surface area contributed by atoms with E-state index in [0.29, 0.717) is 16.9 Å². The summed E-state index contributed by atoms with van der Waals surface area (Å²) in [4.78, 5) is 8.45. The van der Waals surface area contributed by atoms with Crippen LogP contribution >= 0.6 is 40.4 Å². The Balaban J connectivity index is 0.000000494. The third kappa shape index (κ3) is 6.23. The molecule has 1 aliphatic carbocycles. The van der Waals surface area contributed by atoms with Crippen molar-refractivity contribution >= 4 is 74.4 Å². The molecular formula is C25H30F2IN8PS. The Bertz CT molecular complexity index is 1440. The number of pyridine rings is 1. The molecule has 5 rings (SSSR count). The summed E-state index contributed by atoms with van der Waals surface area (Å²) in [6, 6.07) is 7.59. The fourth-order valence-corrected chi connectivity index (χ4v) is 6.22. The van der Waals surface area contributed by atoms with Gasteiger partial charge in [0.25, 0.3) is 6.43 Å². The van der Waals surface area contributed by atoms with Crippen LogP contribution in [0.3, 0.4) is 0 Å². The van der Waals surface area contributed by atoms with Crippen LogP contribution in [0.5, 0.6) is 0 Å². The molecule has 0 saturated heterocycles. The summed E-state index contributed by atoms with van der Waals surface area (Å²) in [5, 5.41) is 7.59. The number of hydrogen-bond acceptors (Lipinski definition) is 7. The van der Waals surface area contributed by atoms with Crippen molar-refractivity contribution in [2.45, 2.75) is 19.8 Å². The Morgan fingerprint density at radius 2 is 2.03 bits per heavy atom. The highest BCUT2D eigenvalue weighted by Crippen LogP contribution is 2.40. The summed E-state index contributed by atoms with van der Waals surface area (Å²) in [5.41, 5.74) is 10.9. The van der Waals surface area contributed by atoms with E-state index >= 15 is 0 Å². The van der Waals surface area contributed by atoms with Crippen LogP contribution in [0.2, 0.25) is 0 Å². The lowest BCUT2D eigenvalue weighted by atomic mass is 10.1. The second-order valence-electron chi connectivity index (χ2n) is 9.01. The Hall–Kier alpha value is -2.44. The first-order valence-electron chi connectivity index (χ1n) is 11.8. The molecule has 3 aromatic heterocycles. The predicted octanol–water partition coefficient (Wildman–Crippen LogP) is 7.43. The van der Waals surface area contributed by atoms with Crippen LogP contribution in [0.1, 0.15) is 25.6 Å². The van der Waals surface area contributed by atoms with E-state index in [4.69, 9.17) is 5.73 Å². The Morgan fingerprint density at radius 1 is 1.29 bits per heavy atom. The zero-order chi connectivity index (χ0) is 27.6. The molecule has 1 fully saturated rings. The molecule has 1 aliphatic rings. The normalized spacial score (nSPS) is 16.6. The first kappa shape index (κ1) is 28.6. The molecule has 0 aliphatic heterocycles. The summed E-state index contributed by atoms with van der Waals surface area (Å²) in [6.45, 7) is 5.93. The molecule has 0 bridgehead atoms. The fourth-order valence-electron chi connectivity index (χ4n) is 3.98. The van der Waals surface area contributed by atoms with Crippen molar-refractivity contribution in [2.24, 2.45) is 18.9 Å². The van der Waals surface area contributed by atoms with Gasteiger partial charge in [0, 0.05) is 38.2 Å². The molecular weight excluding hydrogens is 640 g/mol. The minimum Gasteiger partial charge on any atom is -0.384 e. The molecule has 8 nitrogen and oxygen atoms in total. The van der Waals surface area contributed by atoms with E-state index in [0.717, 1.165) is 34.3 Å². The average Bonchev–Trinajstić information content (AvgIpc) is 3.26. The van der Waals surface area contributed by atoms with Gasteiger partial charge in [0.2, 0.25) is 0 Å². The maximum absolute atomic E-state index is 13.6. The van der Waals surface area contributed by atoms with Gasteiger partial charge in [-0.1, -0.05) is 31.0 Å². The number of rotatable bonds is 8. The summed E-state index contributed by atoms with van der Waals surface area (Å²) >= 11 is 3.58. The topological polar surface area (TPSA) is 89.8 Å². The molecule has 3 heterocycles. The van der Waals surface area contributed by atoms with Gasteiger partial charge in [0.05, 0.1) is 29.6 Å². The zero-order valence-electron chi connectivity index (χ0n) is 21.5. The predicted molar refractivity (Wildman–Crippen MR) is 166 cm³/mol. The number of nitrogens with two attached hydrogens (primary N) is 1. The van der Waals surface area contributed by atoms with Gasteiger partial charge in [-0.25, -0.2) is 18.7 Å². The number of hydrogen-bond donors (Lipinski definition) is 2. The SMILES string of the molecule is C=CC1CC1C.CSN(C)c1cc(-c2cnn(C)c2)ccc1Nc1cc(N)nc2c1nc(C(F)F)n2PI. The van der Waals surface area contributed by atoms with Crippen molar-refractivity contribution in [1.29, 1.82) is 0 Å². The number of nitrogens with one attached hydrogen (secondary N) is 1. The van der Waals surface area contributed by atoms with E-state index < -0.39 is 6.43 Å². The van der Waals surface area contributed by atoms with E-state index in [2.05, 4.69) is 33.9 Å². The smallest absolute Gasteiger partial charge is 0.295 e. The van der Waals surface area contributed by atoms with Crippen LogP contribution in [0, 0.1) is 11.8 Å². The van der Waals surface area contributed by atoms with Gasteiger partial charge < -0.3 is 15.4 Å².